The van der Waals surface area contributed by atoms with E-state index in [0.717, 1.165) is 18.4 Å². The second-order valence-corrected chi connectivity index (χ2v) is 11.7. The smallest absolute Gasteiger partial charge is 0.306 e. The third-order valence-corrected chi connectivity index (χ3v) is 7.66. The Hall–Kier alpha value is -4.12. The Labute approximate surface area is 259 Å². The summed E-state index contributed by atoms with van der Waals surface area (Å²) in [7, 11) is 0. The van der Waals surface area contributed by atoms with E-state index in [9.17, 15) is 29.3 Å². The van der Waals surface area contributed by atoms with Gasteiger partial charge in [0.25, 0.3) is 5.69 Å². The first-order chi connectivity index (χ1) is 20.8. The number of nitrogens with zero attached hydrogens (tertiary/aromatic N) is 1. The summed E-state index contributed by atoms with van der Waals surface area (Å²) < 4.78 is 5.42. The average Bonchev–Trinajstić information content (AvgIpc) is 3.00. The molecule has 2 aromatic rings. The molecule has 0 aliphatic heterocycles. The van der Waals surface area contributed by atoms with Gasteiger partial charge >= 0.3 is 5.97 Å². The molecule has 0 bridgehead atoms. The van der Waals surface area contributed by atoms with Crippen molar-refractivity contribution in [3.63, 3.8) is 0 Å². The lowest BCUT2D eigenvalue weighted by Gasteiger charge is -2.30. The van der Waals surface area contributed by atoms with Crippen LogP contribution in [-0.4, -0.2) is 46.6 Å². The number of rotatable bonds is 18. The molecule has 44 heavy (non-hydrogen) atoms. The molecule has 0 radical (unpaired) electrons. The van der Waals surface area contributed by atoms with Gasteiger partial charge in [0.15, 0.2) is 5.78 Å². The van der Waals surface area contributed by atoms with E-state index < -0.39 is 46.8 Å². The number of esters is 1. The van der Waals surface area contributed by atoms with Crippen molar-refractivity contribution in [2.75, 3.05) is 0 Å². The minimum atomic E-state index is -0.944. The van der Waals surface area contributed by atoms with Crippen molar-refractivity contribution in [1.82, 2.24) is 10.6 Å². The van der Waals surface area contributed by atoms with Crippen LogP contribution < -0.4 is 16.4 Å². The standard InChI is InChI=1S/C33H46N4O7/c1-6-7-11-22(4)27(19-29(38)44-20-25-14-16-26(17-15-25)37(42)43)31(39)30(21(2)3)36-32(40)23(5)35-33(41)28(34)18-24-12-9-8-10-13-24/h8-10,12-17,21-23,27-28,30H,6-7,11,18-20,34H2,1-5H3,(H,35,41)(H,36,40)/t22-,23-,27-,28-,30-/m0/s1. The third kappa shape index (κ3) is 11.5. The van der Waals surface area contributed by atoms with E-state index >= 15 is 0 Å². The van der Waals surface area contributed by atoms with Crippen LogP contribution in [0.1, 0.15) is 71.4 Å². The number of nitrogens with one attached hydrogen (secondary N) is 2. The van der Waals surface area contributed by atoms with E-state index in [1.54, 1.807) is 0 Å². The quantitative estimate of drug-likeness (QED) is 0.128. The van der Waals surface area contributed by atoms with Gasteiger partial charge in [-0.1, -0.05) is 77.3 Å². The molecule has 240 valence electrons. The predicted octanol–water partition coefficient (Wildman–Crippen LogP) is 4.26. The lowest BCUT2D eigenvalue weighted by molar-refractivity contribution is -0.384. The van der Waals surface area contributed by atoms with E-state index in [4.69, 9.17) is 10.5 Å². The Morgan fingerprint density at radius 2 is 1.55 bits per heavy atom. The molecule has 0 heterocycles. The summed E-state index contributed by atoms with van der Waals surface area (Å²) in [4.78, 5) is 63.0. The van der Waals surface area contributed by atoms with Gasteiger partial charge in [-0.3, -0.25) is 29.3 Å². The van der Waals surface area contributed by atoms with Crippen LogP contribution in [0.15, 0.2) is 54.6 Å². The number of unbranched alkanes of at least 4 members (excludes halogenated alkanes) is 1. The summed E-state index contributed by atoms with van der Waals surface area (Å²) in [5.41, 5.74) is 7.47. The van der Waals surface area contributed by atoms with Crippen molar-refractivity contribution in [3.8, 4) is 0 Å². The summed E-state index contributed by atoms with van der Waals surface area (Å²) in [5, 5.41) is 16.3. The second-order valence-electron chi connectivity index (χ2n) is 11.7. The number of ether oxygens (including phenoxy) is 1. The summed E-state index contributed by atoms with van der Waals surface area (Å²) in [6.07, 6.45) is 2.65. The highest BCUT2D eigenvalue weighted by Gasteiger charge is 2.36. The number of benzene rings is 2. The third-order valence-electron chi connectivity index (χ3n) is 7.66. The number of carbonyl (C=O) groups is 4. The molecule has 0 aromatic heterocycles. The highest BCUT2D eigenvalue weighted by molar-refractivity contribution is 5.95. The summed E-state index contributed by atoms with van der Waals surface area (Å²) >= 11 is 0. The maximum absolute atomic E-state index is 13.9. The molecule has 5 atom stereocenters. The first-order valence-corrected chi connectivity index (χ1v) is 15.2. The monoisotopic (exact) mass is 610 g/mol. The van der Waals surface area contributed by atoms with Crippen LogP contribution in [0.5, 0.6) is 0 Å². The SMILES string of the molecule is CCCC[C@H](C)[C@H](CC(=O)OCc1ccc([N+](=O)[O-])cc1)C(=O)[C@@H](NC(=O)[C@H](C)NC(=O)[C@@H](N)Cc1ccccc1)C(C)C. The first-order valence-electron chi connectivity index (χ1n) is 15.2. The van der Waals surface area contributed by atoms with E-state index in [0.29, 0.717) is 18.4 Å². The highest BCUT2D eigenvalue weighted by Crippen LogP contribution is 2.26. The fraction of sp³-hybridized carbons (Fsp3) is 0.515. The number of nitro benzene ring substituents is 1. The van der Waals surface area contributed by atoms with Gasteiger partial charge in [0.1, 0.15) is 12.6 Å². The number of nitro groups is 1. The minimum Gasteiger partial charge on any atom is -0.461 e. The van der Waals surface area contributed by atoms with Gasteiger partial charge in [0.2, 0.25) is 11.8 Å². The van der Waals surface area contributed by atoms with E-state index in [1.807, 2.05) is 58.0 Å². The topological polar surface area (TPSA) is 171 Å². The van der Waals surface area contributed by atoms with Crippen LogP contribution in [0, 0.1) is 27.9 Å². The average molecular weight is 611 g/mol. The number of amides is 2. The molecule has 0 spiro atoms. The summed E-state index contributed by atoms with van der Waals surface area (Å²) in [6, 6.07) is 12.3. The van der Waals surface area contributed by atoms with Gasteiger partial charge in [-0.25, -0.2) is 0 Å². The van der Waals surface area contributed by atoms with Gasteiger partial charge in [0, 0.05) is 18.1 Å². The fourth-order valence-electron chi connectivity index (χ4n) is 4.85. The number of nitrogens with two attached hydrogens (primary N) is 1. The van der Waals surface area contributed by atoms with Crippen LogP contribution >= 0.6 is 0 Å². The normalized spacial score (nSPS) is 14.5. The van der Waals surface area contributed by atoms with Crippen LogP contribution in [0.4, 0.5) is 5.69 Å². The number of non-ortho nitro benzene ring substituents is 1. The highest BCUT2D eigenvalue weighted by atomic mass is 16.6. The maximum atomic E-state index is 13.9. The number of hydrogen-bond acceptors (Lipinski definition) is 8. The molecular weight excluding hydrogens is 564 g/mol. The Morgan fingerprint density at radius 3 is 2.11 bits per heavy atom. The predicted molar refractivity (Wildman–Crippen MR) is 167 cm³/mol. The number of Topliss-reactive ketones (excluding diaryl/α,β-unsaturated/α-hetero) is 1. The molecule has 0 aliphatic rings. The lowest BCUT2D eigenvalue weighted by Crippen LogP contribution is -2.55. The van der Waals surface area contributed by atoms with Crippen molar-refractivity contribution in [1.29, 1.82) is 0 Å². The molecule has 2 amide bonds. The molecule has 11 nitrogen and oxygen atoms in total. The molecule has 0 unspecified atom stereocenters. The van der Waals surface area contributed by atoms with Crippen molar-refractivity contribution >= 4 is 29.3 Å². The van der Waals surface area contributed by atoms with E-state index in [1.165, 1.54) is 31.2 Å². The molecular formula is C33H46N4O7. The van der Waals surface area contributed by atoms with Crippen LogP contribution in [0.2, 0.25) is 0 Å². The van der Waals surface area contributed by atoms with Crippen LogP contribution in [0.25, 0.3) is 0 Å². The fourth-order valence-corrected chi connectivity index (χ4v) is 4.85. The Morgan fingerprint density at radius 1 is 0.909 bits per heavy atom. The lowest BCUT2D eigenvalue weighted by atomic mass is 9.79. The van der Waals surface area contributed by atoms with Gasteiger partial charge in [-0.2, -0.15) is 0 Å². The molecule has 2 rings (SSSR count). The van der Waals surface area contributed by atoms with Gasteiger partial charge in [-0.15, -0.1) is 0 Å². The zero-order valence-corrected chi connectivity index (χ0v) is 26.3. The molecule has 0 aliphatic carbocycles. The van der Waals surface area contributed by atoms with Crippen molar-refractivity contribution in [3.05, 3.63) is 75.8 Å². The van der Waals surface area contributed by atoms with Crippen molar-refractivity contribution in [2.45, 2.75) is 91.5 Å². The molecule has 2 aromatic carbocycles. The number of ketones is 1. The Kier molecular flexibility index (Phi) is 14.6. The molecule has 0 fully saturated rings. The van der Waals surface area contributed by atoms with Crippen molar-refractivity contribution in [2.24, 2.45) is 23.5 Å². The van der Waals surface area contributed by atoms with E-state index in [-0.39, 0.29) is 36.3 Å². The minimum absolute atomic E-state index is 0.0684. The van der Waals surface area contributed by atoms with E-state index in [2.05, 4.69) is 10.6 Å². The number of carbonyl (C=O) groups excluding carboxylic acids is 4. The van der Waals surface area contributed by atoms with Gasteiger partial charge in [-0.05, 0) is 48.4 Å². The molecule has 11 heteroatoms. The first kappa shape index (κ1) is 36.1. The summed E-state index contributed by atoms with van der Waals surface area (Å²) in [5.74, 6) is -3.01. The maximum Gasteiger partial charge on any atom is 0.306 e. The zero-order valence-electron chi connectivity index (χ0n) is 26.3. The van der Waals surface area contributed by atoms with Gasteiger partial charge in [0.05, 0.1) is 23.4 Å². The Bertz CT molecular complexity index is 1250. The molecule has 0 saturated carbocycles. The summed E-state index contributed by atoms with van der Waals surface area (Å²) in [6.45, 7) is 9.01. The van der Waals surface area contributed by atoms with Crippen LogP contribution in [0.3, 0.4) is 0 Å². The van der Waals surface area contributed by atoms with Gasteiger partial charge < -0.3 is 21.1 Å². The number of hydrogen-bond donors (Lipinski definition) is 3. The molecule has 4 N–H and O–H groups in total. The molecule has 0 saturated heterocycles. The van der Waals surface area contributed by atoms with Crippen molar-refractivity contribution < 1.29 is 28.8 Å². The second kappa shape index (κ2) is 17.9. The largest absolute Gasteiger partial charge is 0.461 e. The zero-order chi connectivity index (χ0) is 32.8. The van der Waals surface area contributed by atoms with Crippen LogP contribution in [-0.2, 0) is 36.9 Å². The Balaban J connectivity index is 2.07.